The molecule has 1 aromatic carbocycles. The van der Waals surface area contributed by atoms with Gasteiger partial charge < -0.3 is 25.0 Å². The summed E-state index contributed by atoms with van der Waals surface area (Å²) in [7, 11) is 1.41. The Morgan fingerprint density at radius 2 is 1.96 bits per heavy atom. The summed E-state index contributed by atoms with van der Waals surface area (Å²) in [5.41, 5.74) is -0.114. The number of alkyl carbamates (subject to hydrolysis) is 1. The van der Waals surface area contributed by atoms with Crippen molar-refractivity contribution in [2.45, 2.75) is 38.8 Å². The maximum atomic E-state index is 11.7. The van der Waals surface area contributed by atoms with Gasteiger partial charge in [-0.3, -0.25) is 0 Å². The van der Waals surface area contributed by atoms with E-state index >= 15 is 0 Å². The van der Waals surface area contributed by atoms with Crippen LogP contribution in [-0.2, 0) is 16.0 Å². The second-order valence-corrected chi connectivity index (χ2v) is 7.03. The summed E-state index contributed by atoms with van der Waals surface area (Å²) in [6, 6.07) is 2.00. The summed E-state index contributed by atoms with van der Waals surface area (Å²) >= 11 is 1.92. The van der Waals surface area contributed by atoms with Gasteiger partial charge in [-0.2, -0.15) is 0 Å². The molecule has 0 fully saturated rings. The number of nitrogens with one attached hydrogen (secondary N) is 1. The Hall–Kier alpha value is -1.71. The third-order valence-electron chi connectivity index (χ3n) is 2.74. The number of carboxylic acids is 1. The van der Waals surface area contributed by atoms with E-state index in [1.165, 1.54) is 13.2 Å². The molecule has 0 heterocycles. The molecule has 0 aliphatic rings. The fraction of sp³-hybridized carbons (Fsp3) is 0.467. The van der Waals surface area contributed by atoms with Gasteiger partial charge in [-0.05, 0) is 61.1 Å². The lowest BCUT2D eigenvalue weighted by Crippen LogP contribution is -2.44. The Morgan fingerprint density at radius 3 is 2.43 bits per heavy atom. The van der Waals surface area contributed by atoms with Gasteiger partial charge in [-0.15, -0.1) is 0 Å². The van der Waals surface area contributed by atoms with Gasteiger partial charge in [0.1, 0.15) is 11.6 Å². The molecule has 1 amide bonds. The van der Waals surface area contributed by atoms with Crippen LogP contribution in [0.15, 0.2) is 12.1 Å². The molecule has 23 heavy (non-hydrogen) atoms. The van der Waals surface area contributed by atoms with Gasteiger partial charge in [-0.1, -0.05) is 0 Å². The van der Waals surface area contributed by atoms with E-state index in [1.54, 1.807) is 26.8 Å². The fourth-order valence-electron chi connectivity index (χ4n) is 1.79. The van der Waals surface area contributed by atoms with Gasteiger partial charge in [0, 0.05) is 6.42 Å². The van der Waals surface area contributed by atoms with Crippen LogP contribution in [0.4, 0.5) is 4.79 Å². The number of methoxy groups -OCH3 is 1. The van der Waals surface area contributed by atoms with Crippen molar-refractivity contribution in [2.75, 3.05) is 7.11 Å². The lowest BCUT2D eigenvalue weighted by atomic mass is 10.1. The zero-order valence-electron chi connectivity index (χ0n) is 13.3. The SMILES string of the molecule is COc1cc(CC(NC(=O)OC(C)(C)C)C(=O)O)cc(I)c1O. The van der Waals surface area contributed by atoms with Crippen molar-refractivity contribution in [3.8, 4) is 11.5 Å². The first-order valence-corrected chi connectivity index (χ1v) is 7.89. The zero-order valence-corrected chi connectivity index (χ0v) is 15.5. The first-order valence-electron chi connectivity index (χ1n) is 6.81. The van der Waals surface area contributed by atoms with Gasteiger partial charge in [0.05, 0.1) is 10.7 Å². The Labute approximate surface area is 148 Å². The van der Waals surface area contributed by atoms with Crippen LogP contribution in [-0.4, -0.2) is 41.0 Å². The van der Waals surface area contributed by atoms with Crippen molar-refractivity contribution < 1.29 is 29.3 Å². The van der Waals surface area contributed by atoms with E-state index in [-0.39, 0.29) is 17.9 Å². The maximum absolute atomic E-state index is 11.7. The predicted octanol–water partition coefficient (Wildman–Crippen LogP) is 2.53. The number of carbonyl (C=O) groups is 2. The minimum Gasteiger partial charge on any atom is -0.504 e. The molecular formula is C15H20INO6. The summed E-state index contributed by atoms with van der Waals surface area (Å²) in [5, 5.41) is 21.4. The molecule has 0 saturated heterocycles. The van der Waals surface area contributed by atoms with Crippen LogP contribution in [0.2, 0.25) is 0 Å². The molecular weight excluding hydrogens is 417 g/mol. The third-order valence-corrected chi connectivity index (χ3v) is 3.56. The lowest BCUT2D eigenvalue weighted by molar-refractivity contribution is -0.139. The molecule has 0 saturated carbocycles. The van der Waals surface area contributed by atoms with Gasteiger partial charge in [0.25, 0.3) is 0 Å². The van der Waals surface area contributed by atoms with E-state index in [9.17, 15) is 19.8 Å². The van der Waals surface area contributed by atoms with Gasteiger partial charge >= 0.3 is 12.1 Å². The summed E-state index contributed by atoms with van der Waals surface area (Å²) in [6.07, 6.45) is -0.772. The number of phenolic OH excluding ortho intramolecular Hbond substituents is 1. The molecule has 7 nitrogen and oxygen atoms in total. The summed E-state index contributed by atoms with van der Waals surface area (Å²) in [5.74, 6) is -0.949. The van der Waals surface area contributed by atoms with Crippen LogP contribution in [0.1, 0.15) is 26.3 Å². The number of carbonyl (C=O) groups excluding carboxylic acids is 1. The summed E-state index contributed by atoms with van der Waals surface area (Å²) in [6.45, 7) is 5.07. The quantitative estimate of drug-likeness (QED) is 0.612. The number of benzene rings is 1. The monoisotopic (exact) mass is 437 g/mol. The molecule has 8 heteroatoms. The normalized spacial score (nSPS) is 12.4. The van der Waals surface area contributed by atoms with E-state index < -0.39 is 23.7 Å². The van der Waals surface area contributed by atoms with Crippen LogP contribution in [0, 0.1) is 3.57 Å². The minimum atomic E-state index is -1.18. The average molecular weight is 437 g/mol. The first-order chi connectivity index (χ1) is 10.5. The number of phenols is 1. The molecule has 1 aromatic rings. The number of aromatic hydroxyl groups is 1. The molecule has 0 aliphatic carbocycles. The van der Waals surface area contributed by atoms with Crippen molar-refractivity contribution in [1.29, 1.82) is 0 Å². The lowest BCUT2D eigenvalue weighted by Gasteiger charge is -2.22. The molecule has 1 unspecified atom stereocenters. The second kappa shape index (κ2) is 7.71. The van der Waals surface area contributed by atoms with E-state index in [0.717, 1.165) is 0 Å². The zero-order chi connectivity index (χ0) is 17.8. The average Bonchev–Trinajstić information content (AvgIpc) is 2.39. The molecule has 128 valence electrons. The number of carboxylic acid groups (broad SMARTS) is 1. The van der Waals surface area contributed by atoms with Crippen LogP contribution < -0.4 is 10.1 Å². The molecule has 0 aromatic heterocycles. The predicted molar refractivity (Wildman–Crippen MR) is 91.9 cm³/mol. The number of aliphatic carboxylic acids is 1. The Bertz CT molecular complexity index is 596. The van der Waals surface area contributed by atoms with Crippen LogP contribution in [0.5, 0.6) is 11.5 Å². The molecule has 3 N–H and O–H groups in total. The number of halogens is 1. The van der Waals surface area contributed by atoms with Crippen molar-refractivity contribution in [2.24, 2.45) is 0 Å². The largest absolute Gasteiger partial charge is 0.504 e. The third kappa shape index (κ3) is 6.12. The van der Waals surface area contributed by atoms with E-state index in [4.69, 9.17) is 9.47 Å². The molecule has 0 aliphatic heterocycles. The molecule has 0 spiro atoms. The minimum absolute atomic E-state index is 0.0103. The van der Waals surface area contributed by atoms with E-state index in [1.807, 2.05) is 22.6 Å². The Kier molecular flexibility index (Phi) is 6.48. The Balaban J connectivity index is 2.91. The van der Waals surface area contributed by atoms with Crippen molar-refractivity contribution in [1.82, 2.24) is 5.32 Å². The van der Waals surface area contributed by atoms with Crippen molar-refractivity contribution in [3.05, 3.63) is 21.3 Å². The second-order valence-electron chi connectivity index (χ2n) is 5.87. The summed E-state index contributed by atoms with van der Waals surface area (Å²) in [4.78, 5) is 23.1. The number of rotatable bonds is 5. The Morgan fingerprint density at radius 1 is 1.35 bits per heavy atom. The number of amides is 1. The maximum Gasteiger partial charge on any atom is 0.408 e. The van der Waals surface area contributed by atoms with Gasteiger partial charge in [0.2, 0.25) is 0 Å². The van der Waals surface area contributed by atoms with Gasteiger partial charge in [-0.25, -0.2) is 9.59 Å². The highest BCUT2D eigenvalue weighted by molar-refractivity contribution is 14.1. The van der Waals surface area contributed by atoms with E-state index in [2.05, 4.69) is 5.32 Å². The molecule has 0 radical (unpaired) electrons. The van der Waals surface area contributed by atoms with Crippen LogP contribution in [0.25, 0.3) is 0 Å². The van der Waals surface area contributed by atoms with Gasteiger partial charge in [0.15, 0.2) is 11.5 Å². The number of hydrogen-bond donors (Lipinski definition) is 3. The smallest absolute Gasteiger partial charge is 0.408 e. The van der Waals surface area contributed by atoms with Crippen molar-refractivity contribution >= 4 is 34.7 Å². The highest BCUT2D eigenvalue weighted by atomic mass is 127. The topological polar surface area (TPSA) is 105 Å². The van der Waals surface area contributed by atoms with Crippen LogP contribution in [0.3, 0.4) is 0 Å². The highest BCUT2D eigenvalue weighted by Gasteiger charge is 2.25. The highest BCUT2D eigenvalue weighted by Crippen LogP contribution is 2.32. The number of ether oxygens (including phenoxy) is 2. The number of hydrogen-bond acceptors (Lipinski definition) is 5. The molecule has 1 rings (SSSR count). The molecule has 0 bridgehead atoms. The summed E-state index contributed by atoms with van der Waals surface area (Å²) < 4.78 is 10.6. The van der Waals surface area contributed by atoms with E-state index in [0.29, 0.717) is 9.13 Å². The first kappa shape index (κ1) is 19.3. The standard InChI is InChI=1S/C15H20INO6/c1-15(2,3)23-14(21)17-10(13(19)20)6-8-5-9(16)12(18)11(7-8)22-4/h5,7,10,18H,6H2,1-4H3,(H,17,21)(H,19,20). The molecule has 1 atom stereocenters. The van der Waals surface area contributed by atoms with Crippen molar-refractivity contribution in [3.63, 3.8) is 0 Å². The fourth-order valence-corrected chi connectivity index (χ4v) is 2.45. The van der Waals surface area contributed by atoms with Crippen LogP contribution >= 0.6 is 22.6 Å².